The van der Waals surface area contributed by atoms with Gasteiger partial charge in [0.1, 0.15) is 0 Å². The van der Waals surface area contributed by atoms with E-state index >= 15 is 0 Å². The lowest BCUT2D eigenvalue weighted by atomic mass is 10.2. The zero-order valence-corrected chi connectivity index (χ0v) is 13.4. The second kappa shape index (κ2) is 5.94. The third-order valence-corrected chi connectivity index (χ3v) is 4.86. The van der Waals surface area contributed by atoms with E-state index in [2.05, 4.69) is 4.72 Å². The molecule has 2 aromatic carbocycles. The van der Waals surface area contributed by atoms with Gasteiger partial charge in [-0.1, -0.05) is 23.7 Å². The Kier molecular flexibility index (Phi) is 4.39. The molecule has 2 rings (SSSR count). The Labute approximate surface area is 132 Å². The zero-order chi connectivity index (χ0) is 16.5. The van der Waals surface area contributed by atoms with E-state index in [0.29, 0.717) is 5.56 Å². The van der Waals surface area contributed by atoms with Gasteiger partial charge in [-0.25, -0.2) is 8.42 Å². The molecular weight excluding hydrogens is 328 g/mol. The molecule has 0 radical (unpaired) electrons. The van der Waals surface area contributed by atoms with Gasteiger partial charge in [0.05, 0.1) is 20.5 Å². The Morgan fingerprint density at radius 1 is 1.14 bits per heavy atom. The number of non-ortho nitro benzene ring substituents is 1. The van der Waals surface area contributed by atoms with Gasteiger partial charge in [-0.3, -0.25) is 14.8 Å². The fraction of sp³-hybridized carbons (Fsp3) is 0.143. The summed E-state index contributed by atoms with van der Waals surface area (Å²) in [6, 6.07) is 8.63. The van der Waals surface area contributed by atoms with Crippen molar-refractivity contribution in [3.05, 3.63) is 62.7 Å². The van der Waals surface area contributed by atoms with E-state index in [4.69, 9.17) is 11.6 Å². The highest BCUT2D eigenvalue weighted by Gasteiger charge is 2.19. The first-order valence-electron chi connectivity index (χ1n) is 6.25. The lowest BCUT2D eigenvalue weighted by Crippen LogP contribution is -2.14. The predicted molar refractivity (Wildman–Crippen MR) is 84.8 cm³/mol. The largest absolute Gasteiger partial charge is 0.278 e. The number of nitrogens with zero attached hydrogens (tertiary/aromatic N) is 1. The van der Waals surface area contributed by atoms with Crippen molar-refractivity contribution in [3.63, 3.8) is 0 Å². The summed E-state index contributed by atoms with van der Waals surface area (Å²) in [4.78, 5) is 10.2. The molecule has 0 saturated carbocycles. The molecule has 0 aliphatic rings. The van der Waals surface area contributed by atoms with Gasteiger partial charge in [-0.15, -0.1) is 0 Å². The first kappa shape index (κ1) is 16.3. The van der Waals surface area contributed by atoms with Crippen LogP contribution in [0.3, 0.4) is 0 Å². The van der Waals surface area contributed by atoms with E-state index < -0.39 is 14.9 Å². The predicted octanol–water partition coefficient (Wildman–Crippen LogP) is 3.67. The Morgan fingerprint density at radius 3 is 2.41 bits per heavy atom. The number of halogens is 1. The molecule has 0 saturated heterocycles. The molecule has 0 atom stereocenters. The Morgan fingerprint density at radius 2 is 1.82 bits per heavy atom. The Balaban J connectivity index is 2.41. The highest BCUT2D eigenvalue weighted by molar-refractivity contribution is 7.92. The van der Waals surface area contributed by atoms with Crippen molar-refractivity contribution in [2.45, 2.75) is 18.7 Å². The fourth-order valence-corrected chi connectivity index (χ4v) is 3.59. The molecule has 0 spiro atoms. The number of nitro benzene ring substituents is 1. The van der Waals surface area contributed by atoms with Crippen molar-refractivity contribution in [1.29, 1.82) is 0 Å². The molecule has 22 heavy (non-hydrogen) atoms. The Hall–Kier alpha value is -2.12. The normalized spacial score (nSPS) is 11.2. The second-order valence-corrected chi connectivity index (χ2v) is 6.85. The number of benzene rings is 2. The van der Waals surface area contributed by atoms with Crippen LogP contribution < -0.4 is 4.72 Å². The van der Waals surface area contributed by atoms with Crippen molar-refractivity contribution in [3.8, 4) is 0 Å². The van der Waals surface area contributed by atoms with Crippen molar-refractivity contribution in [2.75, 3.05) is 4.72 Å². The summed E-state index contributed by atoms with van der Waals surface area (Å²) in [5.74, 6) is 0. The van der Waals surface area contributed by atoms with E-state index in [1.54, 1.807) is 26.0 Å². The maximum atomic E-state index is 12.4. The topological polar surface area (TPSA) is 89.3 Å². The van der Waals surface area contributed by atoms with Gasteiger partial charge >= 0.3 is 0 Å². The summed E-state index contributed by atoms with van der Waals surface area (Å²) in [5, 5.41) is 10.6. The summed E-state index contributed by atoms with van der Waals surface area (Å²) in [7, 11) is -3.83. The average molecular weight is 341 g/mol. The van der Waals surface area contributed by atoms with Crippen LogP contribution in [0.4, 0.5) is 11.4 Å². The maximum Gasteiger partial charge on any atom is 0.271 e. The van der Waals surface area contributed by atoms with Gasteiger partial charge in [0, 0.05) is 12.1 Å². The van der Waals surface area contributed by atoms with E-state index in [1.165, 1.54) is 12.1 Å². The van der Waals surface area contributed by atoms with Crippen LogP contribution >= 0.6 is 11.6 Å². The molecule has 2 aromatic rings. The lowest BCUT2D eigenvalue weighted by molar-refractivity contribution is -0.384. The number of hydrogen-bond donors (Lipinski definition) is 1. The van der Waals surface area contributed by atoms with E-state index in [0.717, 1.165) is 11.6 Å². The van der Waals surface area contributed by atoms with Crippen LogP contribution in [0.2, 0.25) is 5.02 Å². The molecule has 0 aliphatic heterocycles. The molecule has 6 nitrogen and oxygen atoms in total. The lowest BCUT2D eigenvalue weighted by Gasteiger charge is -2.12. The van der Waals surface area contributed by atoms with Gasteiger partial charge < -0.3 is 0 Å². The van der Waals surface area contributed by atoms with Gasteiger partial charge in [0.2, 0.25) is 0 Å². The van der Waals surface area contributed by atoms with Crippen molar-refractivity contribution in [2.24, 2.45) is 0 Å². The minimum Gasteiger partial charge on any atom is -0.278 e. The van der Waals surface area contributed by atoms with Crippen LogP contribution in [0.25, 0.3) is 0 Å². The number of aryl methyl sites for hydroxylation is 2. The highest BCUT2D eigenvalue weighted by atomic mass is 35.5. The molecule has 0 fully saturated rings. The molecule has 0 bridgehead atoms. The van der Waals surface area contributed by atoms with Gasteiger partial charge in [-0.05, 0) is 37.1 Å². The van der Waals surface area contributed by atoms with Crippen LogP contribution in [0.5, 0.6) is 0 Å². The van der Waals surface area contributed by atoms with Crippen molar-refractivity contribution < 1.29 is 13.3 Å². The minimum absolute atomic E-state index is 0.0388. The molecule has 0 aliphatic carbocycles. The molecule has 0 amide bonds. The van der Waals surface area contributed by atoms with Crippen molar-refractivity contribution in [1.82, 2.24) is 0 Å². The Bertz CT molecular complexity index is 850. The van der Waals surface area contributed by atoms with E-state index in [1.807, 2.05) is 6.07 Å². The molecule has 0 aromatic heterocycles. The van der Waals surface area contributed by atoms with Crippen LogP contribution in [-0.2, 0) is 10.0 Å². The molecule has 116 valence electrons. The van der Waals surface area contributed by atoms with Crippen molar-refractivity contribution >= 4 is 33.0 Å². The number of hydrogen-bond acceptors (Lipinski definition) is 4. The summed E-state index contributed by atoms with van der Waals surface area (Å²) in [5.41, 5.74) is 1.28. The number of nitrogens with one attached hydrogen (secondary N) is 1. The van der Waals surface area contributed by atoms with E-state index in [-0.39, 0.29) is 21.3 Å². The third-order valence-electron chi connectivity index (χ3n) is 3.04. The fourth-order valence-electron chi connectivity index (χ4n) is 1.90. The third kappa shape index (κ3) is 3.37. The average Bonchev–Trinajstić information content (AvgIpc) is 2.43. The number of sulfonamides is 1. The molecule has 1 N–H and O–H groups in total. The second-order valence-electron chi connectivity index (χ2n) is 4.80. The minimum atomic E-state index is -3.83. The standard InChI is InChI=1S/C14H13ClN2O4S/c1-9-3-4-10(2)14(7-9)22(20,21)16-13-6-5-11(17(18)19)8-12(13)15/h3-8,16H,1-2H3. The van der Waals surface area contributed by atoms with Crippen LogP contribution in [0.15, 0.2) is 41.3 Å². The maximum absolute atomic E-state index is 12.4. The van der Waals surface area contributed by atoms with Gasteiger partial charge in [0.25, 0.3) is 15.7 Å². The first-order valence-corrected chi connectivity index (χ1v) is 8.11. The van der Waals surface area contributed by atoms with Gasteiger partial charge in [-0.2, -0.15) is 0 Å². The SMILES string of the molecule is Cc1ccc(C)c(S(=O)(=O)Nc2ccc([N+](=O)[O-])cc2Cl)c1. The summed E-state index contributed by atoms with van der Waals surface area (Å²) in [6.45, 7) is 3.47. The molecule has 0 unspecified atom stereocenters. The first-order chi connectivity index (χ1) is 10.2. The number of anilines is 1. The smallest absolute Gasteiger partial charge is 0.271 e. The zero-order valence-electron chi connectivity index (χ0n) is 11.8. The summed E-state index contributed by atoms with van der Waals surface area (Å²) < 4.78 is 27.2. The molecular formula is C14H13ClN2O4S. The monoisotopic (exact) mass is 340 g/mol. The molecule has 0 heterocycles. The number of nitro groups is 1. The summed E-state index contributed by atoms with van der Waals surface area (Å²) >= 11 is 5.91. The summed E-state index contributed by atoms with van der Waals surface area (Å²) in [6.07, 6.45) is 0. The van der Waals surface area contributed by atoms with E-state index in [9.17, 15) is 18.5 Å². The van der Waals surface area contributed by atoms with Crippen LogP contribution in [0.1, 0.15) is 11.1 Å². The van der Waals surface area contributed by atoms with Crippen LogP contribution in [0, 0.1) is 24.0 Å². The quantitative estimate of drug-likeness (QED) is 0.679. The van der Waals surface area contributed by atoms with Crippen LogP contribution in [-0.4, -0.2) is 13.3 Å². The molecule has 8 heteroatoms. The highest BCUT2D eigenvalue weighted by Crippen LogP contribution is 2.29. The number of rotatable bonds is 4. The van der Waals surface area contributed by atoms with Gasteiger partial charge in [0.15, 0.2) is 0 Å².